The third-order valence-corrected chi connectivity index (χ3v) is 9.18. The summed E-state index contributed by atoms with van der Waals surface area (Å²) in [5.41, 5.74) is 13.6. The molecule has 0 bridgehead atoms. The van der Waals surface area contributed by atoms with E-state index in [2.05, 4.69) is 208 Å². The molecule has 3 aromatic rings. The molecule has 0 atom stereocenters. The van der Waals surface area contributed by atoms with Crippen molar-refractivity contribution in [3.05, 3.63) is 209 Å². The maximum Gasteiger partial charge on any atom is 0.0461 e. The third-order valence-electron chi connectivity index (χ3n) is 9.18. The Balaban J connectivity index is 1.31. The zero-order chi connectivity index (χ0) is 35.1. The normalized spacial score (nSPS) is 16.9. The highest BCUT2D eigenvalue weighted by Crippen LogP contribution is 2.32. The van der Waals surface area contributed by atoms with E-state index in [0.717, 1.165) is 43.5 Å². The van der Waals surface area contributed by atoms with Gasteiger partial charge in [0.2, 0.25) is 0 Å². The van der Waals surface area contributed by atoms with Gasteiger partial charge in [-0.05, 0) is 143 Å². The Morgan fingerprint density at radius 3 is 2.12 bits per heavy atom. The molecule has 0 heterocycles. The summed E-state index contributed by atoms with van der Waals surface area (Å²) in [5, 5.41) is 0. The van der Waals surface area contributed by atoms with Crippen LogP contribution in [0.25, 0.3) is 0 Å². The van der Waals surface area contributed by atoms with Crippen LogP contribution in [0.5, 0.6) is 0 Å². The fraction of sp³-hybridized carbons (Fsp3) is 0.208. The van der Waals surface area contributed by atoms with E-state index in [4.69, 9.17) is 0 Å². The number of allylic oxidation sites excluding steroid dienone is 18. The minimum absolute atomic E-state index is 0.883. The predicted octanol–water partition coefficient (Wildman–Crippen LogP) is 13.6. The third kappa shape index (κ3) is 9.86. The zero-order valence-electron chi connectivity index (χ0n) is 30.5. The first-order valence-electron chi connectivity index (χ1n) is 18.1. The van der Waals surface area contributed by atoms with E-state index in [1.807, 2.05) is 0 Å². The average molecular weight is 657 g/mol. The Labute approximate surface area is 301 Å². The van der Waals surface area contributed by atoms with Crippen molar-refractivity contribution in [2.75, 3.05) is 9.80 Å². The molecule has 5 rings (SSSR count). The van der Waals surface area contributed by atoms with Gasteiger partial charge in [-0.2, -0.15) is 0 Å². The minimum Gasteiger partial charge on any atom is -0.315 e. The quantitative estimate of drug-likeness (QED) is 0.179. The number of hydrogen-bond donors (Lipinski definition) is 0. The van der Waals surface area contributed by atoms with E-state index in [1.165, 1.54) is 50.6 Å². The lowest BCUT2D eigenvalue weighted by Gasteiger charge is -2.28. The second-order valence-electron chi connectivity index (χ2n) is 12.9. The van der Waals surface area contributed by atoms with Gasteiger partial charge >= 0.3 is 0 Å². The van der Waals surface area contributed by atoms with Gasteiger partial charge in [0.05, 0.1) is 0 Å². The van der Waals surface area contributed by atoms with E-state index < -0.39 is 0 Å². The van der Waals surface area contributed by atoms with Crippen molar-refractivity contribution < 1.29 is 0 Å². The molecule has 254 valence electrons. The molecule has 0 saturated heterocycles. The van der Waals surface area contributed by atoms with Crippen LogP contribution in [0.15, 0.2) is 203 Å². The monoisotopic (exact) mass is 656 g/mol. The molecule has 0 aromatic heterocycles. The molecule has 2 aliphatic rings. The molecule has 0 amide bonds. The molecule has 0 unspecified atom stereocenters. The Hall–Kier alpha value is -5.34. The maximum atomic E-state index is 2.38. The first-order chi connectivity index (χ1) is 24.5. The molecule has 2 nitrogen and oxygen atoms in total. The number of nitrogens with zero attached hydrogens (tertiary/aromatic N) is 2. The number of rotatable bonds is 12. The van der Waals surface area contributed by atoms with Gasteiger partial charge in [0.25, 0.3) is 0 Å². The van der Waals surface area contributed by atoms with Crippen LogP contribution in [0.1, 0.15) is 65.9 Å². The fourth-order valence-corrected chi connectivity index (χ4v) is 6.25. The number of hydrogen-bond acceptors (Lipinski definition) is 2. The van der Waals surface area contributed by atoms with E-state index in [9.17, 15) is 0 Å². The van der Waals surface area contributed by atoms with Crippen molar-refractivity contribution in [1.82, 2.24) is 0 Å². The van der Waals surface area contributed by atoms with E-state index in [1.54, 1.807) is 0 Å². The summed E-state index contributed by atoms with van der Waals surface area (Å²) >= 11 is 0. The maximum absolute atomic E-state index is 2.38. The van der Waals surface area contributed by atoms with Gasteiger partial charge < -0.3 is 9.80 Å². The number of benzene rings is 3. The lowest BCUT2D eigenvalue weighted by molar-refractivity contribution is 0.995. The molecule has 0 radical (unpaired) electrons. The number of anilines is 3. The predicted molar refractivity (Wildman–Crippen MR) is 218 cm³/mol. The summed E-state index contributed by atoms with van der Waals surface area (Å²) in [7, 11) is 0. The van der Waals surface area contributed by atoms with Crippen molar-refractivity contribution >= 4 is 17.1 Å². The molecule has 0 aliphatic heterocycles. The van der Waals surface area contributed by atoms with Crippen LogP contribution in [0, 0.1) is 0 Å². The van der Waals surface area contributed by atoms with E-state index in [0.29, 0.717) is 0 Å². The zero-order valence-corrected chi connectivity index (χ0v) is 30.5. The van der Waals surface area contributed by atoms with Gasteiger partial charge in [-0.3, -0.25) is 0 Å². The Kier molecular flexibility index (Phi) is 13.3. The van der Waals surface area contributed by atoms with Gasteiger partial charge in [0, 0.05) is 34.2 Å². The highest BCUT2D eigenvalue weighted by atomic mass is 15.2. The van der Waals surface area contributed by atoms with Crippen LogP contribution in [0.3, 0.4) is 0 Å². The topological polar surface area (TPSA) is 6.48 Å². The summed E-state index contributed by atoms with van der Waals surface area (Å²) in [6.45, 7) is 10.9. The van der Waals surface area contributed by atoms with Gasteiger partial charge in [-0.25, -0.2) is 0 Å². The van der Waals surface area contributed by atoms with Crippen LogP contribution in [0.4, 0.5) is 17.1 Å². The van der Waals surface area contributed by atoms with E-state index >= 15 is 0 Å². The number of para-hydroxylation sites is 2. The summed E-state index contributed by atoms with van der Waals surface area (Å²) in [6.07, 6.45) is 34.5. The van der Waals surface area contributed by atoms with Crippen molar-refractivity contribution in [2.45, 2.75) is 66.7 Å². The van der Waals surface area contributed by atoms with Crippen LogP contribution in [-0.2, 0) is 6.42 Å². The molecule has 2 aliphatic carbocycles. The van der Waals surface area contributed by atoms with Crippen LogP contribution in [0.2, 0.25) is 0 Å². The summed E-state index contributed by atoms with van der Waals surface area (Å²) in [4.78, 5) is 4.70. The minimum atomic E-state index is 0.883. The van der Waals surface area contributed by atoms with Crippen molar-refractivity contribution in [1.29, 1.82) is 0 Å². The molecular formula is C48H52N2. The van der Waals surface area contributed by atoms with Gasteiger partial charge in [-0.15, -0.1) is 0 Å². The molecule has 0 saturated carbocycles. The van der Waals surface area contributed by atoms with Crippen molar-refractivity contribution in [2.24, 2.45) is 0 Å². The highest BCUT2D eigenvalue weighted by Gasteiger charge is 2.16. The Morgan fingerprint density at radius 1 is 0.740 bits per heavy atom. The summed E-state index contributed by atoms with van der Waals surface area (Å²) < 4.78 is 0. The van der Waals surface area contributed by atoms with E-state index in [-0.39, 0.29) is 0 Å². The molecule has 2 heteroatoms. The molecule has 3 aromatic carbocycles. The van der Waals surface area contributed by atoms with Gasteiger partial charge in [-0.1, -0.05) is 115 Å². The van der Waals surface area contributed by atoms with Crippen LogP contribution in [-0.4, -0.2) is 0 Å². The lowest BCUT2D eigenvalue weighted by Crippen LogP contribution is -2.20. The second kappa shape index (κ2) is 18.4. The summed E-state index contributed by atoms with van der Waals surface area (Å²) in [6, 6.07) is 30.2. The van der Waals surface area contributed by atoms with Crippen LogP contribution >= 0.6 is 0 Å². The van der Waals surface area contributed by atoms with Crippen molar-refractivity contribution in [3.63, 3.8) is 0 Å². The molecular weight excluding hydrogens is 605 g/mol. The van der Waals surface area contributed by atoms with Crippen LogP contribution < -0.4 is 9.80 Å². The fourth-order valence-electron chi connectivity index (χ4n) is 6.25. The van der Waals surface area contributed by atoms with Gasteiger partial charge in [0.15, 0.2) is 0 Å². The largest absolute Gasteiger partial charge is 0.315 e. The lowest BCUT2D eigenvalue weighted by atomic mass is 10.0. The average Bonchev–Trinajstić information content (AvgIpc) is 3.39. The Bertz CT molecular complexity index is 1890. The highest BCUT2D eigenvalue weighted by molar-refractivity contribution is 5.69. The molecule has 0 fully saturated rings. The second-order valence-corrected chi connectivity index (χ2v) is 12.9. The first-order valence-corrected chi connectivity index (χ1v) is 18.1. The van der Waals surface area contributed by atoms with Crippen molar-refractivity contribution in [3.8, 4) is 0 Å². The summed E-state index contributed by atoms with van der Waals surface area (Å²) in [5.74, 6) is 0. The van der Waals surface area contributed by atoms with Gasteiger partial charge in [0.1, 0.15) is 0 Å². The SMILES string of the molecule is C/C=C(C)\C=C(/C)N(c1ccccc1)c1ccc(C/C=C\C=C(/C)C2=CC=C(N(C3=C/C(CC)=C\CCC=C3)c3ccccc3)C=CC2)cc1. The smallest absolute Gasteiger partial charge is 0.0461 e. The standard InChI is InChI=1S/C48H52N2/c1-6-38(3)36-40(5)49(44-24-12-9-13-25-44)47-33-30-42(31-34-47)22-18-17-20-39(4)43-23-19-29-46(35-32-43)50(45-26-14-10-15-27-45)48-28-16-8-11-21-41(7-2)37-48/h6,9-10,12-21,24-37H,7-8,11,22-23H2,1-5H3/b18-17-,28-16?,38-6-,39-20+,40-36+,41-21-,48-37?. The molecule has 50 heavy (non-hydrogen) atoms. The Morgan fingerprint density at radius 2 is 1.42 bits per heavy atom. The molecule has 0 spiro atoms. The molecule has 0 N–H and O–H groups in total. The first kappa shape index (κ1) is 36.0.